The normalized spacial score (nSPS) is 14.0. The quantitative estimate of drug-likeness (QED) is 0.421. The summed E-state index contributed by atoms with van der Waals surface area (Å²) in [6, 6.07) is 16.5. The summed E-state index contributed by atoms with van der Waals surface area (Å²) >= 11 is 1.42. The highest BCUT2D eigenvalue weighted by Gasteiger charge is 2.33. The van der Waals surface area contributed by atoms with Crippen LogP contribution in [0.3, 0.4) is 0 Å². The van der Waals surface area contributed by atoms with Crippen LogP contribution in [-0.4, -0.2) is 19.9 Å². The van der Waals surface area contributed by atoms with Gasteiger partial charge in [-0.3, -0.25) is 0 Å². The minimum Gasteiger partial charge on any atom is -0.418 e. The van der Waals surface area contributed by atoms with Gasteiger partial charge in [0.05, 0.1) is 9.77 Å². The lowest BCUT2D eigenvalue weighted by atomic mass is 10.0. The molecule has 0 N–H and O–H groups in total. The minimum atomic E-state index is -3.99. The summed E-state index contributed by atoms with van der Waals surface area (Å²) in [5.41, 5.74) is 2.37. The van der Waals surface area contributed by atoms with Crippen molar-refractivity contribution in [1.29, 1.82) is 0 Å². The van der Waals surface area contributed by atoms with Gasteiger partial charge >= 0.3 is 0 Å². The van der Waals surface area contributed by atoms with Crippen molar-refractivity contribution in [3.63, 3.8) is 0 Å². The number of thiophene rings is 1. The third-order valence-corrected chi connectivity index (χ3v) is 7.63. The van der Waals surface area contributed by atoms with E-state index in [-0.39, 0.29) is 21.7 Å². The second-order valence-electron chi connectivity index (χ2n) is 7.00. The highest BCUT2D eigenvalue weighted by atomic mass is 32.2. The van der Waals surface area contributed by atoms with Crippen LogP contribution in [0.5, 0.6) is 0 Å². The van der Waals surface area contributed by atoms with Crippen LogP contribution in [0.4, 0.5) is 10.3 Å². The summed E-state index contributed by atoms with van der Waals surface area (Å²) in [7, 11) is -3.99. The summed E-state index contributed by atoms with van der Waals surface area (Å²) < 4.78 is 46.1. The van der Waals surface area contributed by atoms with E-state index < -0.39 is 15.7 Å². The number of halogens is 1. The monoisotopic (exact) mass is 440 g/mol. The Labute approximate surface area is 177 Å². The number of anilines is 1. The van der Waals surface area contributed by atoms with Crippen LogP contribution >= 0.6 is 11.3 Å². The second kappa shape index (κ2) is 7.37. The van der Waals surface area contributed by atoms with E-state index in [1.807, 2.05) is 40.6 Å². The maximum absolute atomic E-state index is 13.4. The molecule has 1 aliphatic rings. The molecule has 1 aliphatic heterocycles. The number of oxazole rings is 1. The molecule has 4 aromatic rings. The first-order valence-corrected chi connectivity index (χ1v) is 11.8. The van der Waals surface area contributed by atoms with Gasteiger partial charge in [-0.1, -0.05) is 30.3 Å². The molecule has 0 bridgehead atoms. The zero-order valence-corrected chi connectivity index (χ0v) is 17.4. The van der Waals surface area contributed by atoms with Crippen LogP contribution < -0.4 is 4.90 Å². The Hall–Kier alpha value is -2.97. The Morgan fingerprint density at radius 3 is 2.50 bits per heavy atom. The first-order valence-electron chi connectivity index (χ1n) is 9.39. The highest BCUT2D eigenvalue weighted by Crippen LogP contribution is 2.37. The van der Waals surface area contributed by atoms with Gasteiger partial charge < -0.3 is 9.32 Å². The van der Waals surface area contributed by atoms with Crippen LogP contribution in [0, 0.1) is 5.82 Å². The van der Waals surface area contributed by atoms with E-state index >= 15 is 0 Å². The fourth-order valence-corrected chi connectivity index (χ4v) is 5.54. The summed E-state index contributed by atoms with van der Waals surface area (Å²) in [4.78, 5) is 7.01. The SMILES string of the molecule is O=S(=O)(c1ccc(F)cc1)c1nc(-c2cccs2)oc1N1CCc2ccccc2C1. The van der Waals surface area contributed by atoms with Crippen LogP contribution in [-0.2, 0) is 22.8 Å². The Morgan fingerprint density at radius 1 is 1.00 bits per heavy atom. The van der Waals surface area contributed by atoms with Gasteiger partial charge in [0.25, 0.3) is 0 Å². The first kappa shape index (κ1) is 19.0. The molecule has 0 aliphatic carbocycles. The van der Waals surface area contributed by atoms with E-state index in [1.54, 1.807) is 0 Å². The molecule has 5 nitrogen and oxygen atoms in total. The summed E-state index contributed by atoms with van der Waals surface area (Å²) in [5.74, 6) is -0.0157. The minimum absolute atomic E-state index is 0.0198. The number of nitrogens with zero attached hydrogens (tertiary/aromatic N) is 2. The zero-order chi connectivity index (χ0) is 20.7. The van der Waals surface area contributed by atoms with Gasteiger partial charge in [0.1, 0.15) is 5.82 Å². The number of fused-ring (bicyclic) bond motifs is 1. The number of benzene rings is 2. The molecule has 0 amide bonds. The van der Waals surface area contributed by atoms with E-state index in [1.165, 1.54) is 29.0 Å². The largest absolute Gasteiger partial charge is 0.418 e. The summed E-state index contributed by atoms with van der Waals surface area (Å²) in [6.07, 6.45) is 0.779. The molecule has 2 aromatic heterocycles. The van der Waals surface area contributed by atoms with Gasteiger partial charge in [0.2, 0.25) is 26.6 Å². The van der Waals surface area contributed by atoms with E-state index in [0.717, 1.165) is 29.0 Å². The predicted molar refractivity (Wildman–Crippen MR) is 113 cm³/mol. The van der Waals surface area contributed by atoms with Crippen LogP contribution in [0.15, 0.2) is 80.4 Å². The van der Waals surface area contributed by atoms with Crippen molar-refractivity contribution in [1.82, 2.24) is 4.98 Å². The Morgan fingerprint density at radius 2 is 1.77 bits per heavy atom. The smallest absolute Gasteiger partial charge is 0.240 e. The average Bonchev–Trinajstić information content (AvgIpc) is 3.44. The molecule has 8 heteroatoms. The number of hydrogen-bond acceptors (Lipinski definition) is 6. The molecule has 2 aromatic carbocycles. The number of aromatic nitrogens is 1. The van der Waals surface area contributed by atoms with Gasteiger partial charge in [0, 0.05) is 13.1 Å². The number of hydrogen-bond donors (Lipinski definition) is 0. The molecule has 152 valence electrons. The summed E-state index contributed by atoms with van der Waals surface area (Å²) in [5, 5.41) is 1.74. The molecule has 0 unspecified atom stereocenters. The lowest BCUT2D eigenvalue weighted by Crippen LogP contribution is -2.31. The third kappa shape index (κ3) is 3.32. The van der Waals surface area contributed by atoms with Gasteiger partial charge in [0.15, 0.2) is 0 Å². The van der Waals surface area contributed by atoms with Gasteiger partial charge in [-0.2, -0.15) is 4.98 Å². The highest BCUT2D eigenvalue weighted by molar-refractivity contribution is 7.91. The van der Waals surface area contributed by atoms with Crippen molar-refractivity contribution < 1.29 is 17.2 Å². The molecule has 0 radical (unpaired) electrons. The fraction of sp³-hybridized carbons (Fsp3) is 0.136. The number of rotatable bonds is 4. The number of sulfone groups is 1. The van der Waals surface area contributed by atoms with Crippen molar-refractivity contribution in [3.8, 4) is 10.8 Å². The lowest BCUT2D eigenvalue weighted by molar-refractivity contribution is 0.534. The van der Waals surface area contributed by atoms with Gasteiger partial charge in [-0.25, -0.2) is 12.8 Å². The molecule has 0 atom stereocenters. The molecule has 30 heavy (non-hydrogen) atoms. The predicted octanol–water partition coefficient (Wildman–Crippen LogP) is 4.94. The molecule has 0 saturated carbocycles. The fourth-order valence-electron chi connectivity index (χ4n) is 3.57. The Bertz CT molecular complexity index is 1300. The molecule has 0 spiro atoms. The van der Waals surface area contributed by atoms with Gasteiger partial charge in [-0.05, 0) is 53.3 Å². The first-order chi connectivity index (χ1) is 14.5. The molecular weight excluding hydrogens is 423 g/mol. The van der Waals surface area contributed by atoms with Crippen LogP contribution in [0.25, 0.3) is 10.8 Å². The van der Waals surface area contributed by atoms with Crippen molar-refractivity contribution in [3.05, 3.63) is 83.0 Å². The topological polar surface area (TPSA) is 63.4 Å². The van der Waals surface area contributed by atoms with E-state index in [0.29, 0.717) is 13.1 Å². The molecule has 5 rings (SSSR count). The van der Waals surface area contributed by atoms with E-state index in [2.05, 4.69) is 11.1 Å². The van der Waals surface area contributed by atoms with Crippen LogP contribution in [0.2, 0.25) is 0 Å². The average molecular weight is 441 g/mol. The zero-order valence-electron chi connectivity index (χ0n) is 15.8. The van der Waals surface area contributed by atoms with Crippen molar-refractivity contribution in [2.75, 3.05) is 11.4 Å². The van der Waals surface area contributed by atoms with E-state index in [9.17, 15) is 12.8 Å². The second-order valence-corrected chi connectivity index (χ2v) is 9.82. The van der Waals surface area contributed by atoms with Crippen molar-refractivity contribution in [2.24, 2.45) is 0 Å². The lowest BCUT2D eigenvalue weighted by Gasteiger charge is -2.28. The molecular formula is C22H17FN2O3S2. The molecule has 0 fully saturated rings. The standard InChI is InChI=1S/C22H17FN2O3S2/c23-17-7-9-18(10-8-17)30(26,27)21-22(28-20(24-21)19-6-3-13-29-19)25-12-11-15-4-1-2-5-16(15)14-25/h1-10,13H,11-12,14H2. The third-order valence-electron chi connectivity index (χ3n) is 5.11. The van der Waals surface area contributed by atoms with Gasteiger partial charge in [-0.15, -0.1) is 11.3 Å². The van der Waals surface area contributed by atoms with Crippen LogP contribution in [0.1, 0.15) is 11.1 Å². The maximum Gasteiger partial charge on any atom is 0.240 e. The molecule has 3 heterocycles. The Kier molecular flexibility index (Phi) is 4.67. The maximum atomic E-state index is 13.4. The molecule has 0 saturated heterocycles. The van der Waals surface area contributed by atoms with Crippen molar-refractivity contribution >= 4 is 27.1 Å². The summed E-state index contributed by atoms with van der Waals surface area (Å²) in [6.45, 7) is 1.14. The Balaban J connectivity index is 1.62. The van der Waals surface area contributed by atoms with E-state index in [4.69, 9.17) is 4.42 Å². The van der Waals surface area contributed by atoms with Crippen molar-refractivity contribution in [2.45, 2.75) is 22.9 Å².